The van der Waals surface area contributed by atoms with Gasteiger partial charge in [-0.2, -0.15) is 0 Å². The smallest absolute Gasteiger partial charge is 0.165 e. The molecule has 2 rings (SSSR count). The zero-order valence-corrected chi connectivity index (χ0v) is 10.7. The van der Waals surface area contributed by atoms with Crippen LogP contribution in [0.2, 0.25) is 0 Å². The predicted octanol–water partition coefficient (Wildman–Crippen LogP) is 3.36. The number of methoxy groups -OCH3 is 1. The fourth-order valence-electron chi connectivity index (χ4n) is 1.73. The van der Waals surface area contributed by atoms with Gasteiger partial charge in [0.2, 0.25) is 0 Å². The summed E-state index contributed by atoms with van der Waals surface area (Å²) in [6, 6.07) is 7.75. The second-order valence-corrected chi connectivity index (χ2v) is 4.05. The van der Waals surface area contributed by atoms with Crippen LogP contribution < -0.4 is 9.47 Å². The largest absolute Gasteiger partial charge is 0.496 e. The number of halogens is 2. The fourth-order valence-corrected chi connectivity index (χ4v) is 1.73. The fraction of sp³-hybridized carbons (Fsp3) is 0.133. The van der Waals surface area contributed by atoms with Gasteiger partial charge in [-0.25, -0.2) is 8.78 Å². The third kappa shape index (κ3) is 3.12. The van der Waals surface area contributed by atoms with Crippen molar-refractivity contribution in [2.24, 2.45) is 0 Å². The molecule has 0 atom stereocenters. The van der Waals surface area contributed by atoms with Crippen molar-refractivity contribution in [1.82, 2.24) is 0 Å². The zero-order chi connectivity index (χ0) is 14.5. The van der Waals surface area contributed by atoms with E-state index in [2.05, 4.69) is 0 Å². The van der Waals surface area contributed by atoms with Crippen LogP contribution in [0.25, 0.3) is 0 Å². The molecule has 0 radical (unpaired) electrons. The van der Waals surface area contributed by atoms with E-state index in [1.54, 1.807) is 18.2 Å². The van der Waals surface area contributed by atoms with Crippen molar-refractivity contribution >= 4 is 6.29 Å². The third-order valence-corrected chi connectivity index (χ3v) is 2.72. The van der Waals surface area contributed by atoms with Crippen LogP contribution in [0, 0.1) is 11.6 Å². The van der Waals surface area contributed by atoms with Crippen molar-refractivity contribution in [3.05, 3.63) is 59.2 Å². The van der Waals surface area contributed by atoms with Crippen molar-refractivity contribution in [1.29, 1.82) is 0 Å². The average molecular weight is 278 g/mol. The van der Waals surface area contributed by atoms with Crippen LogP contribution in [0.5, 0.6) is 11.5 Å². The molecule has 2 aromatic carbocycles. The van der Waals surface area contributed by atoms with E-state index in [0.717, 1.165) is 18.2 Å². The molecule has 0 aliphatic heterocycles. The molecule has 0 aliphatic carbocycles. The number of hydrogen-bond acceptors (Lipinski definition) is 3. The number of ether oxygens (including phenoxy) is 2. The Bertz CT molecular complexity index is 627. The average Bonchev–Trinajstić information content (AvgIpc) is 2.47. The standard InChI is InChI=1S/C15H12F2O3/c1-19-14-5-2-10(8-18)6-11(14)9-20-15-7-12(16)3-4-13(15)17/h2-8H,9H2,1H3. The summed E-state index contributed by atoms with van der Waals surface area (Å²) in [6.45, 7) is -0.0365. The monoisotopic (exact) mass is 278 g/mol. The molecule has 0 amide bonds. The second kappa shape index (κ2) is 6.14. The molecule has 0 spiro atoms. The lowest BCUT2D eigenvalue weighted by Gasteiger charge is -2.11. The summed E-state index contributed by atoms with van der Waals surface area (Å²) in [5.74, 6) is -0.928. The minimum Gasteiger partial charge on any atom is -0.496 e. The maximum absolute atomic E-state index is 13.4. The van der Waals surface area contributed by atoms with Crippen LogP contribution in [0.4, 0.5) is 8.78 Å². The van der Waals surface area contributed by atoms with E-state index in [1.807, 2.05) is 0 Å². The third-order valence-electron chi connectivity index (χ3n) is 2.72. The van der Waals surface area contributed by atoms with Crippen LogP contribution in [0.1, 0.15) is 15.9 Å². The van der Waals surface area contributed by atoms with Crippen molar-refractivity contribution in [2.75, 3.05) is 7.11 Å². The molecule has 0 N–H and O–H groups in total. The van der Waals surface area contributed by atoms with E-state index in [0.29, 0.717) is 23.2 Å². The molecule has 104 valence electrons. The number of carbonyl (C=O) groups excluding carboxylic acids is 1. The maximum atomic E-state index is 13.4. The number of aldehydes is 1. The lowest BCUT2D eigenvalue weighted by atomic mass is 10.1. The molecule has 2 aromatic rings. The summed E-state index contributed by atoms with van der Waals surface area (Å²) in [7, 11) is 1.47. The van der Waals surface area contributed by atoms with Crippen LogP contribution in [-0.4, -0.2) is 13.4 Å². The van der Waals surface area contributed by atoms with Gasteiger partial charge in [0.05, 0.1) is 7.11 Å². The van der Waals surface area contributed by atoms with Gasteiger partial charge in [0.25, 0.3) is 0 Å². The van der Waals surface area contributed by atoms with Crippen molar-refractivity contribution in [2.45, 2.75) is 6.61 Å². The van der Waals surface area contributed by atoms with Crippen molar-refractivity contribution in [3.8, 4) is 11.5 Å². The molecule has 0 bridgehead atoms. The van der Waals surface area contributed by atoms with Gasteiger partial charge >= 0.3 is 0 Å². The van der Waals surface area contributed by atoms with Gasteiger partial charge in [-0.1, -0.05) is 0 Å². The highest BCUT2D eigenvalue weighted by atomic mass is 19.1. The summed E-state index contributed by atoms with van der Waals surface area (Å²) in [5, 5.41) is 0. The van der Waals surface area contributed by atoms with E-state index in [9.17, 15) is 13.6 Å². The first-order valence-corrected chi connectivity index (χ1v) is 5.84. The molecule has 0 fully saturated rings. The second-order valence-electron chi connectivity index (χ2n) is 4.05. The number of hydrogen-bond donors (Lipinski definition) is 0. The van der Waals surface area contributed by atoms with E-state index in [-0.39, 0.29) is 12.4 Å². The predicted molar refractivity (Wildman–Crippen MR) is 69.1 cm³/mol. The van der Waals surface area contributed by atoms with Gasteiger partial charge in [-0.3, -0.25) is 4.79 Å². The highest BCUT2D eigenvalue weighted by Crippen LogP contribution is 2.23. The van der Waals surface area contributed by atoms with Crippen LogP contribution in [0.3, 0.4) is 0 Å². The Labute approximate surface area is 114 Å². The van der Waals surface area contributed by atoms with Crippen molar-refractivity contribution in [3.63, 3.8) is 0 Å². The van der Waals surface area contributed by atoms with Gasteiger partial charge < -0.3 is 9.47 Å². The molecule has 0 saturated heterocycles. The first kappa shape index (κ1) is 14.0. The minimum absolute atomic E-state index is 0.0365. The van der Waals surface area contributed by atoms with E-state index in [4.69, 9.17) is 9.47 Å². The molecule has 20 heavy (non-hydrogen) atoms. The number of benzene rings is 2. The Hall–Kier alpha value is -2.43. The summed E-state index contributed by atoms with van der Waals surface area (Å²) in [5.41, 5.74) is 1.02. The lowest BCUT2D eigenvalue weighted by molar-refractivity contribution is 0.112. The van der Waals surface area contributed by atoms with Crippen LogP contribution >= 0.6 is 0 Å². The first-order chi connectivity index (χ1) is 9.63. The van der Waals surface area contributed by atoms with Gasteiger partial charge in [0.1, 0.15) is 24.5 Å². The highest BCUT2D eigenvalue weighted by Gasteiger charge is 2.09. The highest BCUT2D eigenvalue weighted by molar-refractivity contribution is 5.75. The Kier molecular flexibility index (Phi) is 4.30. The molecular formula is C15H12F2O3. The summed E-state index contributed by atoms with van der Waals surface area (Å²) in [4.78, 5) is 10.7. The van der Waals surface area contributed by atoms with E-state index >= 15 is 0 Å². The normalized spacial score (nSPS) is 10.2. The summed E-state index contributed by atoms with van der Waals surface area (Å²) in [6.07, 6.45) is 0.686. The molecule has 5 heteroatoms. The lowest BCUT2D eigenvalue weighted by Crippen LogP contribution is -2.01. The Morgan fingerprint density at radius 3 is 2.60 bits per heavy atom. The molecule has 0 aromatic heterocycles. The number of carbonyl (C=O) groups is 1. The Morgan fingerprint density at radius 1 is 1.10 bits per heavy atom. The molecule has 0 heterocycles. The van der Waals surface area contributed by atoms with Gasteiger partial charge in [0.15, 0.2) is 11.6 Å². The van der Waals surface area contributed by atoms with Gasteiger partial charge in [-0.15, -0.1) is 0 Å². The van der Waals surface area contributed by atoms with Gasteiger partial charge in [-0.05, 0) is 30.3 Å². The molecule has 0 unspecified atom stereocenters. The summed E-state index contributed by atoms with van der Waals surface area (Å²) < 4.78 is 36.8. The first-order valence-electron chi connectivity index (χ1n) is 5.84. The van der Waals surface area contributed by atoms with Gasteiger partial charge in [0, 0.05) is 17.2 Å². The molecule has 0 saturated carbocycles. The Balaban J connectivity index is 2.21. The SMILES string of the molecule is COc1ccc(C=O)cc1COc1cc(F)ccc1F. The quantitative estimate of drug-likeness (QED) is 0.787. The van der Waals surface area contributed by atoms with Crippen molar-refractivity contribution < 1.29 is 23.0 Å². The topological polar surface area (TPSA) is 35.5 Å². The Morgan fingerprint density at radius 2 is 1.90 bits per heavy atom. The van der Waals surface area contributed by atoms with E-state index < -0.39 is 11.6 Å². The molecular weight excluding hydrogens is 266 g/mol. The molecule has 3 nitrogen and oxygen atoms in total. The van der Waals surface area contributed by atoms with Crippen LogP contribution in [0.15, 0.2) is 36.4 Å². The van der Waals surface area contributed by atoms with Crippen LogP contribution in [-0.2, 0) is 6.61 Å². The van der Waals surface area contributed by atoms with E-state index in [1.165, 1.54) is 7.11 Å². The zero-order valence-electron chi connectivity index (χ0n) is 10.7. The number of rotatable bonds is 5. The molecule has 0 aliphatic rings. The minimum atomic E-state index is -0.656. The summed E-state index contributed by atoms with van der Waals surface area (Å²) >= 11 is 0. The maximum Gasteiger partial charge on any atom is 0.165 e.